The molecule has 0 atom stereocenters. The van der Waals surface area contributed by atoms with Crippen molar-refractivity contribution in [3.63, 3.8) is 0 Å². The number of halogens is 1. The van der Waals surface area contributed by atoms with Crippen molar-refractivity contribution in [1.29, 1.82) is 0 Å². The molecule has 0 N–H and O–H groups in total. The molecule has 2 aromatic rings. The highest BCUT2D eigenvalue weighted by atomic mass is 35.5. The van der Waals surface area contributed by atoms with Crippen molar-refractivity contribution in [3.05, 3.63) is 59.1 Å². The molecule has 0 aliphatic heterocycles. The summed E-state index contributed by atoms with van der Waals surface area (Å²) in [6.45, 7) is 2.98. The summed E-state index contributed by atoms with van der Waals surface area (Å²) in [4.78, 5) is 0. The molecule has 0 aromatic heterocycles. The minimum atomic E-state index is 0.470. The van der Waals surface area contributed by atoms with Gasteiger partial charge in [-0.15, -0.1) is 0 Å². The number of hydrogen-bond donors (Lipinski definition) is 0. The average Bonchev–Trinajstić information content (AvgIpc) is 2.38. The SMILES string of the molecule is Cc1ccccc1OCCOc1ccccc1Cl. The highest BCUT2D eigenvalue weighted by Crippen LogP contribution is 2.23. The van der Waals surface area contributed by atoms with Crippen molar-refractivity contribution in [2.45, 2.75) is 6.92 Å². The molecule has 2 aromatic carbocycles. The zero-order valence-electron chi connectivity index (χ0n) is 10.2. The third-order valence-electron chi connectivity index (χ3n) is 2.53. The fourth-order valence-electron chi connectivity index (χ4n) is 1.58. The van der Waals surface area contributed by atoms with Crippen LogP contribution in [0.15, 0.2) is 48.5 Å². The van der Waals surface area contributed by atoms with E-state index in [2.05, 4.69) is 0 Å². The fraction of sp³-hybridized carbons (Fsp3) is 0.200. The summed E-state index contributed by atoms with van der Waals surface area (Å²) >= 11 is 5.98. The zero-order valence-corrected chi connectivity index (χ0v) is 11.0. The Balaban J connectivity index is 1.80. The van der Waals surface area contributed by atoms with E-state index in [1.54, 1.807) is 6.07 Å². The first-order valence-electron chi connectivity index (χ1n) is 5.83. The van der Waals surface area contributed by atoms with Gasteiger partial charge in [0.1, 0.15) is 24.7 Å². The Labute approximate surface area is 112 Å². The summed E-state index contributed by atoms with van der Waals surface area (Å²) in [6.07, 6.45) is 0. The Kier molecular flexibility index (Phi) is 4.48. The number of hydrogen-bond acceptors (Lipinski definition) is 2. The number of ether oxygens (including phenoxy) is 2. The van der Waals surface area contributed by atoms with E-state index < -0.39 is 0 Å². The number of benzene rings is 2. The molecule has 18 heavy (non-hydrogen) atoms. The number of aryl methyl sites for hydroxylation is 1. The Bertz CT molecular complexity index is 464. The molecule has 2 rings (SSSR count). The third-order valence-corrected chi connectivity index (χ3v) is 2.84. The van der Waals surface area contributed by atoms with Crippen molar-refractivity contribution in [2.75, 3.05) is 13.2 Å². The molecule has 94 valence electrons. The Morgan fingerprint density at radius 3 is 2.06 bits per heavy atom. The molecule has 3 heteroatoms. The second-order valence-corrected chi connectivity index (χ2v) is 4.30. The Morgan fingerprint density at radius 1 is 0.833 bits per heavy atom. The smallest absolute Gasteiger partial charge is 0.138 e. The molecular weight excluding hydrogens is 248 g/mol. The predicted octanol–water partition coefficient (Wildman–Crippen LogP) is 4.11. The maximum atomic E-state index is 5.98. The normalized spacial score (nSPS) is 10.1. The van der Waals surface area contributed by atoms with E-state index in [4.69, 9.17) is 21.1 Å². The van der Waals surface area contributed by atoms with Gasteiger partial charge in [-0.1, -0.05) is 41.9 Å². The van der Waals surface area contributed by atoms with Gasteiger partial charge in [0.2, 0.25) is 0 Å². The fourth-order valence-corrected chi connectivity index (χ4v) is 1.77. The van der Waals surface area contributed by atoms with Crippen molar-refractivity contribution in [2.24, 2.45) is 0 Å². The Morgan fingerprint density at radius 2 is 1.39 bits per heavy atom. The Hall–Kier alpha value is -1.67. The highest BCUT2D eigenvalue weighted by Gasteiger charge is 2.00. The average molecular weight is 263 g/mol. The maximum Gasteiger partial charge on any atom is 0.138 e. The van der Waals surface area contributed by atoms with Gasteiger partial charge < -0.3 is 9.47 Å². The second kappa shape index (κ2) is 6.31. The second-order valence-electron chi connectivity index (χ2n) is 3.89. The van der Waals surface area contributed by atoms with Crippen LogP contribution in [0.3, 0.4) is 0 Å². The van der Waals surface area contributed by atoms with Gasteiger partial charge in [-0.25, -0.2) is 0 Å². The summed E-state index contributed by atoms with van der Waals surface area (Å²) < 4.78 is 11.2. The minimum absolute atomic E-state index is 0.470. The van der Waals surface area contributed by atoms with Crippen LogP contribution in [-0.4, -0.2) is 13.2 Å². The van der Waals surface area contributed by atoms with Crippen LogP contribution < -0.4 is 9.47 Å². The van der Waals surface area contributed by atoms with E-state index in [1.165, 1.54) is 0 Å². The first-order valence-corrected chi connectivity index (χ1v) is 6.21. The van der Waals surface area contributed by atoms with Gasteiger partial charge in [0.15, 0.2) is 0 Å². The molecule has 0 saturated heterocycles. The van der Waals surface area contributed by atoms with E-state index in [9.17, 15) is 0 Å². The summed E-state index contributed by atoms with van der Waals surface area (Å²) in [5.74, 6) is 1.58. The molecule has 0 unspecified atom stereocenters. The number of para-hydroxylation sites is 2. The molecule has 0 amide bonds. The lowest BCUT2D eigenvalue weighted by Gasteiger charge is -2.10. The van der Waals surface area contributed by atoms with Crippen LogP contribution in [0.5, 0.6) is 11.5 Å². The predicted molar refractivity (Wildman–Crippen MR) is 73.6 cm³/mol. The van der Waals surface area contributed by atoms with Crippen LogP contribution in [0, 0.1) is 6.92 Å². The van der Waals surface area contributed by atoms with Gasteiger partial charge in [-0.05, 0) is 30.7 Å². The first kappa shape index (κ1) is 12.8. The van der Waals surface area contributed by atoms with Crippen LogP contribution in [0.2, 0.25) is 5.02 Å². The van der Waals surface area contributed by atoms with E-state index in [0.717, 1.165) is 11.3 Å². The summed E-state index contributed by atoms with van der Waals surface area (Å²) in [5, 5.41) is 0.619. The van der Waals surface area contributed by atoms with Gasteiger partial charge in [0.05, 0.1) is 5.02 Å². The van der Waals surface area contributed by atoms with E-state index in [0.29, 0.717) is 24.0 Å². The van der Waals surface area contributed by atoms with E-state index >= 15 is 0 Å². The standard InChI is InChI=1S/C15H15ClO2/c1-12-6-2-4-8-14(12)17-10-11-18-15-9-5-3-7-13(15)16/h2-9H,10-11H2,1H3. The molecule has 0 fully saturated rings. The maximum absolute atomic E-state index is 5.98. The van der Waals surface area contributed by atoms with E-state index in [-0.39, 0.29) is 0 Å². The summed E-state index contributed by atoms with van der Waals surface area (Å²) in [7, 11) is 0. The molecule has 0 aliphatic carbocycles. The molecular formula is C15H15ClO2. The van der Waals surface area contributed by atoms with Crippen LogP contribution in [0.4, 0.5) is 0 Å². The quantitative estimate of drug-likeness (QED) is 0.755. The van der Waals surface area contributed by atoms with Gasteiger partial charge in [0.25, 0.3) is 0 Å². The topological polar surface area (TPSA) is 18.5 Å². The lowest BCUT2D eigenvalue weighted by molar-refractivity contribution is 0.216. The first-order chi connectivity index (χ1) is 8.77. The van der Waals surface area contributed by atoms with Crippen molar-refractivity contribution >= 4 is 11.6 Å². The van der Waals surface area contributed by atoms with E-state index in [1.807, 2.05) is 49.4 Å². The lowest BCUT2D eigenvalue weighted by Crippen LogP contribution is -2.09. The van der Waals surface area contributed by atoms with Crippen molar-refractivity contribution in [1.82, 2.24) is 0 Å². The van der Waals surface area contributed by atoms with Crippen LogP contribution in [-0.2, 0) is 0 Å². The van der Waals surface area contributed by atoms with Crippen molar-refractivity contribution in [3.8, 4) is 11.5 Å². The highest BCUT2D eigenvalue weighted by molar-refractivity contribution is 6.32. The molecule has 0 bridgehead atoms. The number of rotatable bonds is 5. The zero-order chi connectivity index (χ0) is 12.8. The molecule has 0 heterocycles. The van der Waals surface area contributed by atoms with Crippen LogP contribution in [0.25, 0.3) is 0 Å². The third kappa shape index (κ3) is 3.41. The largest absolute Gasteiger partial charge is 0.490 e. The lowest BCUT2D eigenvalue weighted by atomic mass is 10.2. The summed E-state index contributed by atoms with van der Waals surface area (Å²) in [5.41, 5.74) is 1.12. The monoisotopic (exact) mass is 262 g/mol. The van der Waals surface area contributed by atoms with Gasteiger partial charge in [0, 0.05) is 0 Å². The van der Waals surface area contributed by atoms with Gasteiger partial charge >= 0.3 is 0 Å². The van der Waals surface area contributed by atoms with Crippen LogP contribution >= 0.6 is 11.6 Å². The van der Waals surface area contributed by atoms with Crippen LogP contribution in [0.1, 0.15) is 5.56 Å². The molecule has 0 spiro atoms. The molecule has 0 radical (unpaired) electrons. The van der Waals surface area contributed by atoms with Crippen molar-refractivity contribution < 1.29 is 9.47 Å². The van der Waals surface area contributed by atoms with Gasteiger partial charge in [-0.3, -0.25) is 0 Å². The minimum Gasteiger partial charge on any atom is -0.490 e. The molecule has 0 saturated carbocycles. The molecule has 0 aliphatic rings. The summed E-state index contributed by atoms with van der Waals surface area (Å²) in [6, 6.07) is 15.3. The molecule has 2 nitrogen and oxygen atoms in total. The van der Waals surface area contributed by atoms with Gasteiger partial charge in [-0.2, -0.15) is 0 Å².